The van der Waals surface area contributed by atoms with Crippen molar-refractivity contribution in [1.82, 2.24) is 9.88 Å². The standard InChI is InChI=1S/C31H31N3O4/c1-3-28(30(35)32-21-14-16-23(17-15-21)37-22-10-6-5-7-11-22)38-31(36)29-24-12-8-9-13-26(24)33-27-18-19-34(4-2)20-25(27)29/h5-17,28H,3-4,18-20H2,1-2H3,(H,32,35). The highest BCUT2D eigenvalue weighted by Crippen LogP contribution is 2.29. The Labute approximate surface area is 222 Å². The number of nitrogens with one attached hydrogen (secondary N) is 1. The normalized spacial score (nSPS) is 13.9. The summed E-state index contributed by atoms with van der Waals surface area (Å²) in [5.41, 5.74) is 3.69. The summed E-state index contributed by atoms with van der Waals surface area (Å²) in [5, 5.41) is 3.61. The number of rotatable bonds is 8. The fourth-order valence-corrected chi connectivity index (χ4v) is 4.71. The van der Waals surface area contributed by atoms with Crippen molar-refractivity contribution in [2.45, 2.75) is 39.3 Å². The number of amides is 1. The number of hydrogen-bond donors (Lipinski definition) is 1. The Morgan fingerprint density at radius 1 is 0.947 bits per heavy atom. The fraction of sp³-hybridized carbons (Fsp3) is 0.258. The van der Waals surface area contributed by atoms with Crippen LogP contribution < -0.4 is 10.1 Å². The zero-order chi connectivity index (χ0) is 26.5. The molecular weight excluding hydrogens is 478 g/mol. The van der Waals surface area contributed by atoms with Gasteiger partial charge in [0, 0.05) is 41.8 Å². The minimum absolute atomic E-state index is 0.346. The number of pyridine rings is 1. The van der Waals surface area contributed by atoms with Gasteiger partial charge in [-0.15, -0.1) is 0 Å². The number of para-hydroxylation sites is 2. The minimum Gasteiger partial charge on any atom is -0.457 e. The SMILES string of the molecule is CCC(OC(=O)c1c2c(nc3ccccc13)CCN(CC)C2)C(=O)Nc1ccc(Oc2ccccc2)cc1. The van der Waals surface area contributed by atoms with E-state index in [1.165, 1.54) is 0 Å². The highest BCUT2D eigenvalue weighted by molar-refractivity contribution is 6.06. The maximum absolute atomic E-state index is 13.6. The van der Waals surface area contributed by atoms with Crippen LogP contribution in [0.3, 0.4) is 0 Å². The number of ether oxygens (including phenoxy) is 2. The number of fused-ring (bicyclic) bond motifs is 2. The molecule has 3 aromatic carbocycles. The first-order valence-electron chi connectivity index (χ1n) is 13.0. The molecule has 38 heavy (non-hydrogen) atoms. The van der Waals surface area contributed by atoms with Crippen molar-refractivity contribution >= 4 is 28.5 Å². The van der Waals surface area contributed by atoms with Gasteiger partial charge in [-0.1, -0.05) is 50.2 Å². The summed E-state index contributed by atoms with van der Waals surface area (Å²) in [6, 6.07) is 24.2. The van der Waals surface area contributed by atoms with Gasteiger partial charge < -0.3 is 14.8 Å². The molecule has 1 aliphatic heterocycles. The molecule has 0 spiro atoms. The quantitative estimate of drug-likeness (QED) is 0.294. The lowest BCUT2D eigenvalue weighted by atomic mass is 9.95. The molecule has 0 radical (unpaired) electrons. The molecule has 1 aliphatic rings. The zero-order valence-corrected chi connectivity index (χ0v) is 21.6. The van der Waals surface area contributed by atoms with Crippen LogP contribution in [0.25, 0.3) is 10.9 Å². The summed E-state index contributed by atoms with van der Waals surface area (Å²) in [6.07, 6.45) is 0.186. The van der Waals surface area contributed by atoms with E-state index in [1.54, 1.807) is 24.3 Å². The number of benzene rings is 3. The average Bonchev–Trinajstić information content (AvgIpc) is 2.95. The molecule has 0 bridgehead atoms. The first-order chi connectivity index (χ1) is 18.6. The number of anilines is 1. The van der Waals surface area contributed by atoms with E-state index in [0.29, 0.717) is 30.0 Å². The van der Waals surface area contributed by atoms with Crippen LogP contribution in [-0.4, -0.2) is 41.0 Å². The number of aromatic nitrogens is 1. The lowest BCUT2D eigenvalue weighted by molar-refractivity contribution is -0.124. The van der Waals surface area contributed by atoms with Crippen molar-refractivity contribution < 1.29 is 19.1 Å². The van der Waals surface area contributed by atoms with Gasteiger partial charge in [-0.25, -0.2) is 4.79 Å². The summed E-state index contributed by atoms with van der Waals surface area (Å²) < 4.78 is 11.7. The van der Waals surface area contributed by atoms with Crippen molar-refractivity contribution in [2.24, 2.45) is 0 Å². The zero-order valence-electron chi connectivity index (χ0n) is 21.6. The van der Waals surface area contributed by atoms with Crippen LogP contribution in [0.15, 0.2) is 78.9 Å². The smallest absolute Gasteiger partial charge is 0.340 e. The third kappa shape index (κ3) is 5.53. The number of carbonyl (C=O) groups excluding carboxylic acids is 2. The number of likely N-dealkylation sites (N-methyl/N-ethyl adjacent to an activating group) is 1. The van der Waals surface area contributed by atoms with Crippen molar-refractivity contribution in [3.63, 3.8) is 0 Å². The summed E-state index contributed by atoms with van der Waals surface area (Å²) >= 11 is 0. The largest absolute Gasteiger partial charge is 0.457 e. The molecule has 7 heteroatoms. The van der Waals surface area contributed by atoms with Crippen LogP contribution in [0.5, 0.6) is 11.5 Å². The van der Waals surface area contributed by atoms with Gasteiger partial charge in [0.15, 0.2) is 6.10 Å². The molecule has 5 rings (SSSR count). The Bertz CT molecular complexity index is 1440. The molecule has 1 unspecified atom stereocenters. The number of nitrogens with zero attached hydrogens (tertiary/aromatic N) is 2. The molecule has 1 aromatic heterocycles. The van der Waals surface area contributed by atoms with Crippen molar-refractivity contribution in [2.75, 3.05) is 18.4 Å². The van der Waals surface area contributed by atoms with Crippen LogP contribution >= 0.6 is 0 Å². The Kier molecular flexibility index (Phi) is 7.65. The van der Waals surface area contributed by atoms with Crippen LogP contribution in [-0.2, 0) is 22.5 Å². The van der Waals surface area contributed by atoms with E-state index in [2.05, 4.69) is 17.1 Å². The summed E-state index contributed by atoms with van der Waals surface area (Å²) in [7, 11) is 0. The van der Waals surface area contributed by atoms with Crippen molar-refractivity contribution in [1.29, 1.82) is 0 Å². The van der Waals surface area contributed by atoms with Crippen LogP contribution in [0.4, 0.5) is 5.69 Å². The Morgan fingerprint density at radius 2 is 1.66 bits per heavy atom. The molecule has 0 fully saturated rings. The van der Waals surface area contributed by atoms with Crippen LogP contribution in [0.1, 0.15) is 41.9 Å². The van der Waals surface area contributed by atoms with E-state index in [4.69, 9.17) is 14.5 Å². The highest BCUT2D eigenvalue weighted by atomic mass is 16.5. The van der Waals surface area contributed by atoms with Gasteiger partial charge in [-0.2, -0.15) is 0 Å². The molecule has 1 atom stereocenters. The first-order valence-corrected chi connectivity index (χ1v) is 13.0. The monoisotopic (exact) mass is 509 g/mol. The molecule has 7 nitrogen and oxygen atoms in total. The highest BCUT2D eigenvalue weighted by Gasteiger charge is 2.29. The van der Waals surface area contributed by atoms with E-state index in [-0.39, 0.29) is 5.91 Å². The minimum atomic E-state index is -0.934. The maximum Gasteiger partial charge on any atom is 0.340 e. The molecule has 1 amide bonds. The summed E-state index contributed by atoms with van der Waals surface area (Å²) in [5.74, 6) is 0.518. The van der Waals surface area contributed by atoms with Gasteiger partial charge in [0.1, 0.15) is 11.5 Å². The topological polar surface area (TPSA) is 80.8 Å². The maximum atomic E-state index is 13.6. The van der Waals surface area contributed by atoms with Crippen molar-refractivity contribution in [3.8, 4) is 11.5 Å². The van der Waals surface area contributed by atoms with E-state index in [1.807, 2.05) is 61.5 Å². The second-order valence-electron chi connectivity index (χ2n) is 9.28. The molecule has 1 N–H and O–H groups in total. The molecular formula is C31H31N3O4. The van der Waals surface area contributed by atoms with E-state index in [0.717, 1.165) is 47.4 Å². The van der Waals surface area contributed by atoms with Gasteiger partial charge >= 0.3 is 5.97 Å². The van der Waals surface area contributed by atoms with Gasteiger partial charge in [-0.05, 0) is 55.4 Å². The lowest BCUT2D eigenvalue weighted by Crippen LogP contribution is -2.35. The number of esters is 1. The summed E-state index contributed by atoms with van der Waals surface area (Å²) in [4.78, 5) is 33.8. The molecule has 0 saturated heterocycles. The second-order valence-corrected chi connectivity index (χ2v) is 9.28. The van der Waals surface area contributed by atoms with E-state index < -0.39 is 12.1 Å². The molecule has 0 aliphatic carbocycles. The molecule has 4 aromatic rings. The molecule has 0 saturated carbocycles. The Balaban J connectivity index is 1.32. The van der Waals surface area contributed by atoms with Gasteiger partial charge in [0.25, 0.3) is 5.91 Å². The third-order valence-electron chi connectivity index (χ3n) is 6.79. The van der Waals surface area contributed by atoms with E-state index >= 15 is 0 Å². The predicted molar refractivity (Wildman–Crippen MR) is 147 cm³/mol. The van der Waals surface area contributed by atoms with Crippen molar-refractivity contribution in [3.05, 3.63) is 95.7 Å². The summed E-state index contributed by atoms with van der Waals surface area (Å²) in [6.45, 7) is 6.35. The predicted octanol–water partition coefficient (Wildman–Crippen LogP) is 5.98. The third-order valence-corrected chi connectivity index (χ3v) is 6.79. The van der Waals surface area contributed by atoms with Gasteiger partial charge in [0.2, 0.25) is 0 Å². The number of carbonyl (C=O) groups is 2. The second kappa shape index (κ2) is 11.4. The Hall–Kier alpha value is -4.23. The van der Waals surface area contributed by atoms with Gasteiger partial charge in [-0.3, -0.25) is 14.7 Å². The number of hydrogen-bond acceptors (Lipinski definition) is 6. The van der Waals surface area contributed by atoms with Crippen LogP contribution in [0, 0.1) is 0 Å². The average molecular weight is 510 g/mol. The molecule has 2 heterocycles. The fourth-order valence-electron chi connectivity index (χ4n) is 4.71. The molecule has 194 valence electrons. The first kappa shape index (κ1) is 25.4. The van der Waals surface area contributed by atoms with E-state index in [9.17, 15) is 9.59 Å². The van der Waals surface area contributed by atoms with Gasteiger partial charge in [0.05, 0.1) is 11.1 Å². The van der Waals surface area contributed by atoms with Crippen LogP contribution in [0.2, 0.25) is 0 Å². The lowest BCUT2D eigenvalue weighted by Gasteiger charge is -2.29. The Morgan fingerprint density at radius 3 is 2.39 bits per heavy atom.